The molecule has 3 nitrogen and oxygen atoms in total. The van der Waals surface area contributed by atoms with Gasteiger partial charge in [0, 0.05) is 5.56 Å². The Balaban J connectivity index is 2.41. The Morgan fingerprint density at radius 2 is 2.00 bits per heavy atom. The highest BCUT2D eigenvalue weighted by molar-refractivity contribution is 5.91. The van der Waals surface area contributed by atoms with E-state index in [2.05, 4.69) is 24.0 Å². The van der Waals surface area contributed by atoms with E-state index >= 15 is 0 Å². The minimum absolute atomic E-state index is 0.298. The van der Waals surface area contributed by atoms with Crippen LogP contribution in [0.15, 0.2) is 36.4 Å². The SMILES string of the molecule is CCOC(=O)c1ccc(-c2cccc(C)c2)nc1CC. The smallest absolute Gasteiger partial charge is 0.339 e. The number of hydrogen-bond acceptors (Lipinski definition) is 3. The first-order chi connectivity index (χ1) is 9.65. The molecule has 0 saturated carbocycles. The molecular formula is C17H19NO2. The second-order valence-corrected chi connectivity index (χ2v) is 4.63. The van der Waals surface area contributed by atoms with Crippen LogP contribution in [0, 0.1) is 6.92 Å². The summed E-state index contributed by atoms with van der Waals surface area (Å²) in [6, 6.07) is 11.9. The molecule has 2 rings (SSSR count). The van der Waals surface area contributed by atoms with Gasteiger partial charge in [-0.15, -0.1) is 0 Å². The molecule has 104 valence electrons. The number of rotatable bonds is 4. The molecule has 20 heavy (non-hydrogen) atoms. The Bertz CT molecular complexity index is 620. The Labute approximate surface area is 119 Å². The molecule has 0 bridgehead atoms. The molecule has 0 radical (unpaired) electrons. The molecule has 0 spiro atoms. The predicted molar refractivity (Wildman–Crippen MR) is 79.7 cm³/mol. The van der Waals surface area contributed by atoms with E-state index in [4.69, 9.17) is 4.74 Å². The Kier molecular flexibility index (Phi) is 4.51. The van der Waals surface area contributed by atoms with Gasteiger partial charge < -0.3 is 4.74 Å². The van der Waals surface area contributed by atoms with Crippen LogP contribution in [0.5, 0.6) is 0 Å². The normalized spacial score (nSPS) is 10.3. The molecule has 0 saturated heterocycles. The summed E-state index contributed by atoms with van der Waals surface area (Å²) < 4.78 is 5.06. The van der Waals surface area contributed by atoms with Gasteiger partial charge in [0.1, 0.15) is 0 Å². The molecule has 1 aromatic carbocycles. The number of aromatic nitrogens is 1. The summed E-state index contributed by atoms with van der Waals surface area (Å²) in [6.45, 7) is 6.22. The van der Waals surface area contributed by atoms with Crippen molar-refractivity contribution < 1.29 is 9.53 Å². The lowest BCUT2D eigenvalue weighted by Gasteiger charge is -2.09. The molecule has 0 aliphatic heterocycles. The van der Waals surface area contributed by atoms with Gasteiger partial charge in [-0.25, -0.2) is 4.79 Å². The summed E-state index contributed by atoms with van der Waals surface area (Å²) >= 11 is 0. The first-order valence-corrected chi connectivity index (χ1v) is 6.89. The van der Waals surface area contributed by atoms with Crippen molar-refractivity contribution in [3.63, 3.8) is 0 Å². The van der Waals surface area contributed by atoms with Gasteiger partial charge >= 0.3 is 5.97 Å². The highest BCUT2D eigenvalue weighted by Gasteiger charge is 2.13. The van der Waals surface area contributed by atoms with Gasteiger partial charge in [-0.1, -0.05) is 30.7 Å². The second-order valence-electron chi connectivity index (χ2n) is 4.63. The van der Waals surface area contributed by atoms with E-state index in [0.29, 0.717) is 18.6 Å². The maximum absolute atomic E-state index is 11.9. The third-order valence-electron chi connectivity index (χ3n) is 3.12. The molecule has 1 aromatic heterocycles. The maximum atomic E-state index is 11.9. The van der Waals surface area contributed by atoms with E-state index in [0.717, 1.165) is 17.0 Å². The molecule has 0 N–H and O–H groups in total. The number of aryl methyl sites for hydroxylation is 2. The van der Waals surface area contributed by atoms with Crippen molar-refractivity contribution in [1.29, 1.82) is 0 Å². The molecule has 3 heteroatoms. The first kappa shape index (κ1) is 14.3. The molecule has 0 amide bonds. The van der Waals surface area contributed by atoms with Gasteiger partial charge in [0.2, 0.25) is 0 Å². The van der Waals surface area contributed by atoms with Crippen LogP contribution in [0.4, 0.5) is 0 Å². The van der Waals surface area contributed by atoms with Crippen LogP contribution in [0.1, 0.15) is 35.5 Å². The number of ether oxygens (including phenoxy) is 1. The Morgan fingerprint density at radius 1 is 1.20 bits per heavy atom. The molecule has 2 aromatic rings. The summed E-state index contributed by atoms with van der Waals surface area (Å²) in [7, 11) is 0. The van der Waals surface area contributed by atoms with E-state index in [1.165, 1.54) is 5.56 Å². The third-order valence-corrected chi connectivity index (χ3v) is 3.12. The lowest BCUT2D eigenvalue weighted by atomic mass is 10.1. The van der Waals surface area contributed by atoms with E-state index in [1.807, 2.05) is 31.2 Å². The quantitative estimate of drug-likeness (QED) is 0.793. The van der Waals surface area contributed by atoms with Crippen molar-refractivity contribution >= 4 is 5.97 Å². The van der Waals surface area contributed by atoms with Crippen molar-refractivity contribution in [3.05, 3.63) is 53.2 Å². The zero-order valence-electron chi connectivity index (χ0n) is 12.1. The van der Waals surface area contributed by atoms with Crippen molar-refractivity contribution in [3.8, 4) is 11.3 Å². The zero-order chi connectivity index (χ0) is 14.5. The number of benzene rings is 1. The van der Waals surface area contributed by atoms with Crippen molar-refractivity contribution in [2.24, 2.45) is 0 Å². The van der Waals surface area contributed by atoms with Crippen LogP contribution >= 0.6 is 0 Å². The summed E-state index contributed by atoms with van der Waals surface area (Å²) in [4.78, 5) is 16.5. The average Bonchev–Trinajstić information content (AvgIpc) is 2.46. The predicted octanol–water partition coefficient (Wildman–Crippen LogP) is 3.80. The maximum Gasteiger partial charge on any atom is 0.339 e. The highest BCUT2D eigenvalue weighted by atomic mass is 16.5. The fourth-order valence-electron chi connectivity index (χ4n) is 2.13. The molecular weight excluding hydrogens is 250 g/mol. The minimum atomic E-state index is -0.298. The molecule has 0 atom stereocenters. The van der Waals surface area contributed by atoms with Crippen molar-refractivity contribution in [2.75, 3.05) is 6.61 Å². The molecule has 0 aliphatic rings. The molecule has 0 aliphatic carbocycles. The lowest BCUT2D eigenvalue weighted by molar-refractivity contribution is 0.0524. The van der Waals surface area contributed by atoms with Crippen LogP contribution in [0.2, 0.25) is 0 Å². The summed E-state index contributed by atoms with van der Waals surface area (Å²) in [5.74, 6) is -0.298. The van der Waals surface area contributed by atoms with Crippen molar-refractivity contribution in [1.82, 2.24) is 4.98 Å². The zero-order valence-corrected chi connectivity index (χ0v) is 12.1. The number of carbonyl (C=O) groups is 1. The summed E-state index contributed by atoms with van der Waals surface area (Å²) in [6.07, 6.45) is 0.702. The lowest BCUT2D eigenvalue weighted by Crippen LogP contribution is -2.09. The second kappa shape index (κ2) is 6.33. The van der Waals surface area contributed by atoms with Gasteiger partial charge in [0.25, 0.3) is 0 Å². The third kappa shape index (κ3) is 3.05. The number of hydrogen-bond donors (Lipinski definition) is 0. The van der Waals surface area contributed by atoms with Crippen LogP contribution in [0.3, 0.4) is 0 Å². The van der Waals surface area contributed by atoms with Gasteiger partial charge in [-0.3, -0.25) is 4.98 Å². The van der Waals surface area contributed by atoms with Gasteiger partial charge in [0.05, 0.1) is 23.6 Å². The van der Waals surface area contributed by atoms with E-state index in [9.17, 15) is 4.79 Å². The van der Waals surface area contributed by atoms with Gasteiger partial charge in [-0.2, -0.15) is 0 Å². The van der Waals surface area contributed by atoms with Crippen LogP contribution in [-0.2, 0) is 11.2 Å². The molecule has 0 unspecified atom stereocenters. The van der Waals surface area contributed by atoms with E-state index in [-0.39, 0.29) is 5.97 Å². The van der Waals surface area contributed by atoms with Crippen molar-refractivity contribution in [2.45, 2.75) is 27.2 Å². The van der Waals surface area contributed by atoms with Crippen LogP contribution in [-0.4, -0.2) is 17.6 Å². The number of nitrogens with zero attached hydrogens (tertiary/aromatic N) is 1. The van der Waals surface area contributed by atoms with E-state index in [1.54, 1.807) is 6.92 Å². The first-order valence-electron chi connectivity index (χ1n) is 6.89. The Morgan fingerprint density at radius 3 is 2.65 bits per heavy atom. The summed E-state index contributed by atoms with van der Waals surface area (Å²) in [5.41, 5.74) is 4.48. The summed E-state index contributed by atoms with van der Waals surface area (Å²) in [5, 5.41) is 0. The average molecular weight is 269 g/mol. The standard InChI is InChI=1S/C17H19NO2/c1-4-15-14(17(19)20-5-2)9-10-16(18-15)13-8-6-7-12(3)11-13/h6-11H,4-5H2,1-3H3. The van der Waals surface area contributed by atoms with Gasteiger partial charge in [-0.05, 0) is 38.5 Å². The number of esters is 1. The number of carbonyl (C=O) groups excluding carboxylic acids is 1. The van der Waals surface area contributed by atoms with Gasteiger partial charge in [0.15, 0.2) is 0 Å². The monoisotopic (exact) mass is 269 g/mol. The topological polar surface area (TPSA) is 39.2 Å². The fraction of sp³-hybridized carbons (Fsp3) is 0.294. The Hall–Kier alpha value is -2.16. The van der Waals surface area contributed by atoms with E-state index < -0.39 is 0 Å². The highest BCUT2D eigenvalue weighted by Crippen LogP contribution is 2.21. The molecule has 1 heterocycles. The van der Waals surface area contributed by atoms with Crippen LogP contribution in [0.25, 0.3) is 11.3 Å². The largest absolute Gasteiger partial charge is 0.462 e. The van der Waals surface area contributed by atoms with Crippen LogP contribution < -0.4 is 0 Å². The number of pyridine rings is 1. The fourth-order valence-corrected chi connectivity index (χ4v) is 2.13. The molecule has 0 fully saturated rings. The minimum Gasteiger partial charge on any atom is -0.462 e.